The van der Waals surface area contributed by atoms with Crippen LogP contribution in [0.4, 0.5) is 0 Å². The van der Waals surface area contributed by atoms with Gasteiger partial charge in [0.2, 0.25) is 0 Å². The average molecular weight is 376 g/mol. The molecule has 1 N–H and O–H groups in total. The predicted molar refractivity (Wildman–Crippen MR) is 96.6 cm³/mol. The van der Waals surface area contributed by atoms with E-state index in [4.69, 9.17) is 17.3 Å². The number of thioether (sulfide) groups is 3. The average Bonchev–Trinajstić information content (AvgIpc) is 2.93. The Morgan fingerprint density at radius 1 is 1.55 bits per heavy atom. The molecule has 0 bridgehead atoms. The molecule has 0 aromatic heterocycles. The van der Waals surface area contributed by atoms with Crippen LogP contribution >= 0.6 is 47.5 Å². The Bertz CT molecular complexity index is 602. The number of aliphatic carboxylic acids is 1. The van der Waals surface area contributed by atoms with Crippen molar-refractivity contribution in [2.24, 2.45) is 5.10 Å². The van der Waals surface area contributed by atoms with E-state index in [2.05, 4.69) is 11.7 Å². The predicted octanol–water partition coefficient (Wildman–Crippen LogP) is 2.36. The lowest BCUT2D eigenvalue weighted by Gasteiger charge is -2.12. The first kappa shape index (κ1) is 17.4. The highest BCUT2D eigenvalue weighted by molar-refractivity contribution is 8.40. The molecule has 0 aliphatic carbocycles. The van der Waals surface area contributed by atoms with Crippen LogP contribution in [0.1, 0.15) is 6.42 Å². The summed E-state index contributed by atoms with van der Waals surface area (Å²) in [7, 11) is 1.76. The SMILES string of the molecule is C=CCN1C(=O)/C(=C2\SC(SCCC(=O)O)=NN2C)SC1=S. The van der Waals surface area contributed by atoms with E-state index in [0.29, 0.717) is 21.5 Å². The number of carbonyl (C=O) groups is 2. The molecule has 22 heavy (non-hydrogen) atoms. The van der Waals surface area contributed by atoms with Crippen molar-refractivity contribution in [3.8, 4) is 0 Å². The largest absolute Gasteiger partial charge is 0.481 e. The highest BCUT2D eigenvalue weighted by atomic mass is 32.2. The lowest BCUT2D eigenvalue weighted by Crippen LogP contribution is -2.28. The lowest BCUT2D eigenvalue weighted by molar-refractivity contribution is -0.136. The minimum Gasteiger partial charge on any atom is -0.481 e. The Kier molecular flexibility index (Phi) is 5.95. The number of thiocarbonyl (C=S) groups is 1. The standard InChI is InChI=1S/C12H13N3O3S4/c1-3-5-15-9(18)8(21-12(15)19)10-14(2)13-11(22-10)20-6-4-7(16)17/h3H,1,4-6H2,2H3,(H,16,17)/b10-8+. The number of carboxylic acid groups (broad SMARTS) is 1. The van der Waals surface area contributed by atoms with Gasteiger partial charge in [-0.25, -0.2) is 0 Å². The summed E-state index contributed by atoms with van der Waals surface area (Å²) < 4.78 is 1.24. The first-order chi connectivity index (χ1) is 10.4. The topological polar surface area (TPSA) is 73.2 Å². The molecule has 0 aromatic rings. The molecule has 0 aromatic carbocycles. The van der Waals surface area contributed by atoms with Gasteiger partial charge in [0.05, 0.1) is 6.42 Å². The first-order valence-electron chi connectivity index (χ1n) is 6.17. The molecule has 0 atom stereocenters. The molecule has 0 unspecified atom stereocenters. The maximum absolute atomic E-state index is 12.4. The second-order valence-electron chi connectivity index (χ2n) is 4.19. The molecule has 2 aliphatic rings. The second-order valence-corrected chi connectivity index (χ2v) is 8.15. The van der Waals surface area contributed by atoms with Gasteiger partial charge in [0.25, 0.3) is 5.91 Å². The third-order valence-electron chi connectivity index (χ3n) is 2.61. The number of carbonyl (C=O) groups excluding carboxylic acids is 1. The molecule has 2 rings (SSSR count). The molecular weight excluding hydrogens is 362 g/mol. The molecule has 0 spiro atoms. The summed E-state index contributed by atoms with van der Waals surface area (Å²) in [5, 5.41) is 15.3. The molecule has 118 valence electrons. The lowest BCUT2D eigenvalue weighted by atomic mass is 10.4. The Morgan fingerprint density at radius 3 is 2.91 bits per heavy atom. The molecule has 6 nitrogen and oxygen atoms in total. The first-order valence-corrected chi connectivity index (χ1v) is 9.20. The normalized spacial score (nSPS) is 21.6. The summed E-state index contributed by atoms with van der Waals surface area (Å²) in [5.41, 5.74) is 0. The van der Waals surface area contributed by atoms with Crippen LogP contribution in [0.15, 0.2) is 27.7 Å². The van der Waals surface area contributed by atoms with E-state index in [1.54, 1.807) is 18.1 Å². The van der Waals surface area contributed by atoms with Crippen molar-refractivity contribution in [3.63, 3.8) is 0 Å². The highest BCUT2D eigenvalue weighted by Crippen LogP contribution is 2.43. The monoisotopic (exact) mass is 375 g/mol. The van der Waals surface area contributed by atoms with Gasteiger partial charge >= 0.3 is 5.97 Å². The van der Waals surface area contributed by atoms with Crippen molar-refractivity contribution in [1.29, 1.82) is 0 Å². The third-order valence-corrected chi connectivity index (χ3v) is 6.43. The number of hydrazone groups is 1. The van der Waals surface area contributed by atoms with Crippen LogP contribution in [0.3, 0.4) is 0 Å². The summed E-state index contributed by atoms with van der Waals surface area (Å²) in [6, 6.07) is 0. The Labute approximate surface area is 146 Å². The minimum atomic E-state index is -0.838. The van der Waals surface area contributed by atoms with Crippen molar-refractivity contribution in [1.82, 2.24) is 9.91 Å². The molecule has 0 radical (unpaired) electrons. The zero-order valence-electron chi connectivity index (χ0n) is 11.6. The smallest absolute Gasteiger partial charge is 0.304 e. The van der Waals surface area contributed by atoms with Crippen molar-refractivity contribution < 1.29 is 14.7 Å². The molecule has 0 saturated carbocycles. The molecule has 1 fully saturated rings. The number of amides is 1. The molecule has 10 heteroatoms. The van der Waals surface area contributed by atoms with Gasteiger partial charge in [-0.1, -0.05) is 41.8 Å². The molecule has 1 saturated heterocycles. The fraction of sp³-hybridized carbons (Fsp3) is 0.333. The van der Waals surface area contributed by atoms with Gasteiger partial charge in [-0.3, -0.25) is 19.5 Å². The van der Waals surface area contributed by atoms with Crippen LogP contribution in [0.2, 0.25) is 0 Å². The summed E-state index contributed by atoms with van der Waals surface area (Å²) >= 11 is 9.20. The summed E-state index contributed by atoms with van der Waals surface area (Å²) in [6.45, 7) is 4.01. The van der Waals surface area contributed by atoms with Crippen molar-refractivity contribution in [2.45, 2.75) is 6.42 Å². The van der Waals surface area contributed by atoms with E-state index in [9.17, 15) is 9.59 Å². The number of hydrogen-bond donors (Lipinski definition) is 1. The van der Waals surface area contributed by atoms with E-state index >= 15 is 0 Å². The number of carboxylic acids is 1. The van der Waals surface area contributed by atoms with Gasteiger partial charge in [0, 0.05) is 19.3 Å². The van der Waals surface area contributed by atoms with Crippen molar-refractivity contribution in [3.05, 3.63) is 22.6 Å². The van der Waals surface area contributed by atoms with Gasteiger partial charge in [-0.05, 0) is 11.8 Å². The van der Waals surface area contributed by atoms with Crippen molar-refractivity contribution >= 4 is 68.1 Å². The van der Waals surface area contributed by atoms with Crippen molar-refractivity contribution in [2.75, 3.05) is 19.3 Å². The van der Waals surface area contributed by atoms with Crippen LogP contribution in [0, 0.1) is 0 Å². The minimum absolute atomic E-state index is 0.0742. The number of hydrogen-bond acceptors (Lipinski definition) is 8. The molecular formula is C12H13N3O3S4. The number of rotatable bonds is 5. The maximum atomic E-state index is 12.4. The van der Waals surface area contributed by atoms with Crippen LogP contribution < -0.4 is 0 Å². The maximum Gasteiger partial charge on any atom is 0.304 e. The van der Waals surface area contributed by atoms with E-state index in [0.717, 1.165) is 9.40 Å². The zero-order chi connectivity index (χ0) is 16.3. The quantitative estimate of drug-likeness (QED) is 0.446. The van der Waals surface area contributed by atoms with E-state index in [1.807, 2.05) is 0 Å². The van der Waals surface area contributed by atoms with Crippen LogP contribution in [0.5, 0.6) is 0 Å². The van der Waals surface area contributed by atoms with Crippen LogP contribution in [-0.4, -0.2) is 54.9 Å². The number of nitrogens with zero attached hydrogens (tertiary/aromatic N) is 3. The Morgan fingerprint density at radius 2 is 2.27 bits per heavy atom. The van der Waals surface area contributed by atoms with E-state index in [1.165, 1.54) is 40.2 Å². The summed E-state index contributed by atoms with van der Waals surface area (Å²) in [4.78, 5) is 25.0. The molecule has 2 heterocycles. The zero-order valence-corrected chi connectivity index (χ0v) is 14.9. The fourth-order valence-electron chi connectivity index (χ4n) is 1.63. The van der Waals surface area contributed by atoms with Crippen LogP contribution in [-0.2, 0) is 9.59 Å². The Balaban J connectivity index is 2.08. The summed E-state index contributed by atoms with van der Waals surface area (Å²) in [5.74, 6) is -0.536. The van der Waals surface area contributed by atoms with Gasteiger partial charge in [-0.15, -0.1) is 6.58 Å². The van der Waals surface area contributed by atoms with Gasteiger partial charge in [0.1, 0.15) is 14.3 Å². The van der Waals surface area contributed by atoms with Gasteiger partial charge in [-0.2, -0.15) is 5.10 Å². The van der Waals surface area contributed by atoms with E-state index in [-0.39, 0.29) is 12.3 Å². The fourth-order valence-corrected chi connectivity index (χ4v) is 5.18. The second kappa shape index (κ2) is 7.53. The highest BCUT2D eigenvalue weighted by Gasteiger charge is 2.37. The third kappa shape index (κ3) is 3.86. The van der Waals surface area contributed by atoms with Crippen LogP contribution in [0.25, 0.3) is 0 Å². The molecule has 2 aliphatic heterocycles. The molecule has 1 amide bonds. The van der Waals surface area contributed by atoms with E-state index < -0.39 is 5.97 Å². The summed E-state index contributed by atoms with van der Waals surface area (Å²) in [6.07, 6.45) is 1.71. The Hall–Kier alpha value is -0.970. The van der Waals surface area contributed by atoms with Gasteiger partial charge in [0.15, 0.2) is 4.38 Å². The van der Waals surface area contributed by atoms with Gasteiger partial charge < -0.3 is 5.11 Å².